The maximum atomic E-state index is 12.8. The van der Waals surface area contributed by atoms with Crippen molar-refractivity contribution < 1.29 is 19.5 Å². The normalized spacial score (nSPS) is 15.4. The van der Waals surface area contributed by atoms with Gasteiger partial charge < -0.3 is 14.4 Å². The molecule has 0 radical (unpaired) electrons. The van der Waals surface area contributed by atoms with Crippen molar-refractivity contribution in [2.24, 2.45) is 5.41 Å². The quantitative estimate of drug-likeness (QED) is 0.122. The minimum atomic E-state index is -0.579. The van der Waals surface area contributed by atoms with Crippen molar-refractivity contribution in [3.8, 4) is 11.5 Å². The predicted octanol–water partition coefficient (Wildman–Crippen LogP) is 6.00. The number of amides is 1. The average molecular weight is 558 g/mol. The number of halogens is 1. The summed E-state index contributed by atoms with van der Waals surface area (Å²) in [5.41, 5.74) is 3.25. The number of para-hydroxylation sites is 1. The van der Waals surface area contributed by atoms with E-state index >= 15 is 0 Å². The third-order valence-corrected chi connectivity index (χ3v) is 9.02. The van der Waals surface area contributed by atoms with Gasteiger partial charge in [-0.1, -0.05) is 23.7 Å². The molecule has 0 atom stereocenters. The largest absolute Gasteiger partial charge is 0.497 e. The van der Waals surface area contributed by atoms with Crippen molar-refractivity contribution >= 4 is 40.2 Å². The fourth-order valence-corrected chi connectivity index (χ4v) is 6.52. The van der Waals surface area contributed by atoms with Crippen molar-refractivity contribution in [3.05, 3.63) is 59.2 Å². The third-order valence-electron chi connectivity index (χ3n) is 7.56. The van der Waals surface area contributed by atoms with Gasteiger partial charge >= 0.3 is 0 Å². The van der Waals surface area contributed by atoms with Crippen molar-refractivity contribution in [2.45, 2.75) is 43.4 Å². The van der Waals surface area contributed by atoms with Crippen LogP contribution in [0.15, 0.2) is 53.6 Å². The number of nitrogens with zero attached hydrogens (tertiary/aromatic N) is 2. The first-order valence-electron chi connectivity index (χ1n) is 13.0. The van der Waals surface area contributed by atoms with Crippen LogP contribution in [0.1, 0.15) is 37.7 Å². The van der Waals surface area contributed by atoms with E-state index in [0.29, 0.717) is 11.4 Å². The number of piperidine rings is 1. The number of carbonyl (C=O) groups is 1. The highest BCUT2D eigenvalue weighted by Gasteiger charge is 2.40. The number of hydrogen-bond acceptors (Lipinski definition) is 7. The SMILES string of the molecule is COc1ccc2ncc(Cl)c(CCCC3(C(=O)NO)CCN(CCCSc4ccccc4OC)CC3)c2c1. The first kappa shape index (κ1) is 28.5. The number of hydroxylamine groups is 1. The number of pyridine rings is 1. The second kappa shape index (κ2) is 13.5. The zero-order chi connectivity index (χ0) is 27.0. The van der Waals surface area contributed by atoms with Gasteiger partial charge in [0.2, 0.25) is 5.91 Å². The number of likely N-dealkylation sites (tertiary alicyclic amines) is 1. The van der Waals surface area contributed by atoms with E-state index in [2.05, 4.69) is 16.0 Å². The van der Waals surface area contributed by atoms with Crippen LogP contribution in [0.4, 0.5) is 0 Å². The highest BCUT2D eigenvalue weighted by Crippen LogP contribution is 2.38. The Morgan fingerprint density at radius 3 is 2.68 bits per heavy atom. The molecule has 1 fully saturated rings. The topological polar surface area (TPSA) is 83.9 Å². The van der Waals surface area contributed by atoms with E-state index < -0.39 is 5.41 Å². The van der Waals surface area contributed by atoms with Crippen molar-refractivity contribution in [1.29, 1.82) is 0 Å². The molecule has 1 aliphatic heterocycles. The van der Waals surface area contributed by atoms with Gasteiger partial charge in [-0.15, -0.1) is 11.8 Å². The molecule has 4 rings (SSSR count). The summed E-state index contributed by atoms with van der Waals surface area (Å²) in [6.45, 7) is 2.66. The van der Waals surface area contributed by atoms with Gasteiger partial charge in [-0.25, -0.2) is 5.48 Å². The molecule has 2 heterocycles. The van der Waals surface area contributed by atoms with E-state index in [1.165, 1.54) is 0 Å². The number of methoxy groups -OCH3 is 2. The molecule has 2 N–H and O–H groups in total. The lowest BCUT2D eigenvalue weighted by Gasteiger charge is -2.40. The summed E-state index contributed by atoms with van der Waals surface area (Å²) in [6.07, 6.45) is 6.36. The standard InChI is InChI=1S/C29H36ClN3O4S/c1-36-21-10-11-25-23(19-21)22(24(30)20-31-25)7-5-12-29(28(34)32-35)13-16-33(17-14-29)15-6-18-38-27-9-4-3-8-26(27)37-2/h3-4,8-11,19-20,35H,5-7,12-18H2,1-2H3,(H,32,34). The van der Waals surface area contributed by atoms with Gasteiger partial charge in [0.15, 0.2) is 0 Å². The van der Waals surface area contributed by atoms with Crippen LogP contribution in [-0.4, -0.2) is 60.6 Å². The Labute approximate surface area is 233 Å². The molecule has 204 valence electrons. The Morgan fingerprint density at radius 1 is 1.16 bits per heavy atom. The fourth-order valence-electron chi connectivity index (χ4n) is 5.31. The van der Waals surface area contributed by atoms with Crippen LogP contribution in [0, 0.1) is 5.41 Å². The molecule has 3 aromatic rings. The Balaban J connectivity index is 1.31. The summed E-state index contributed by atoms with van der Waals surface area (Å²) in [7, 11) is 3.34. The Kier molecular flexibility index (Phi) is 10.1. The number of ether oxygens (including phenoxy) is 2. The van der Waals surface area contributed by atoms with Crippen molar-refractivity contribution in [1.82, 2.24) is 15.4 Å². The Morgan fingerprint density at radius 2 is 1.95 bits per heavy atom. The molecule has 2 aromatic carbocycles. The summed E-state index contributed by atoms with van der Waals surface area (Å²) in [5, 5.41) is 11.1. The van der Waals surface area contributed by atoms with E-state index in [1.807, 2.05) is 53.6 Å². The molecule has 0 saturated carbocycles. The van der Waals surface area contributed by atoms with Gasteiger partial charge in [-0.05, 0) is 99.8 Å². The number of carbonyl (C=O) groups excluding carboxylic acids is 1. The van der Waals surface area contributed by atoms with Crippen LogP contribution >= 0.6 is 23.4 Å². The lowest BCUT2D eigenvalue weighted by atomic mass is 9.73. The van der Waals surface area contributed by atoms with Crippen LogP contribution in [0.2, 0.25) is 5.02 Å². The van der Waals surface area contributed by atoms with Crippen LogP contribution in [0.3, 0.4) is 0 Å². The summed E-state index contributed by atoms with van der Waals surface area (Å²) in [6, 6.07) is 13.9. The summed E-state index contributed by atoms with van der Waals surface area (Å²) >= 11 is 8.35. The highest BCUT2D eigenvalue weighted by molar-refractivity contribution is 7.99. The molecule has 1 amide bonds. The molecule has 0 unspecified atom stereocenters. The maximum Gasteiger partial charge on any atom is 0.249 e. The first-order chi connectivity index (χ1) is 18.5. The van der Waals surface area contributed by atoms with Crippen molar-refractivity contribution in [3.63, 3.8) is 0 Å². The first-order valence-corrected chi connectivity index (χ1v) is 14.4. The zero-order valence-corrected chi connectivity index (χ0v) is 23.6. The van der Waals surface area contributed by atoms with Gasteiger partial charge in [0.1, 0.15) is 11.5 Å². The van der Waals surface area contributed by atoms with Crippen LogP contribution in [0.5, 0.6) is 11.5 Å². The van der Waals surface area contributed by atoms with Crippen LogP contribution in [-0.2, 0) is 11.2 Å². The number of rotatable bonds is 12. The van der Waals surface area contributed by atoms with E-state index in [4.69, 9.17) is 21.1 Å². The van der Waals surface area contributed by atoms with Gasteiger partial charge in [0.05, 0.1) is 30.2 Å². The zero-order valence-electron chi connectivity index (χ0n) is 22.0. The molecule has 38 heavy (non-hydrogen) atoms. The van der Waals surface area contributed by atoms with Gasteiger partial charge in [-0.2, -0.15) is 0 Å². The highest BCUT2D eigenvalue weighted by atomic mass is 35.5. The number of aryl methyl sites for hydroxylation is 1. The lowest BCUT2D eigenvalue weighted by molar-refractivity contribution is -0.143. The van der Waals surface area contributed by atoms with Crippen LogP contribution in [0.25, 0.3) is 10.9 Å². The molecule has 7 nitrogen and oxygen atoms in total. The molecule has 0 aliphatic carbocycles. The predicted molar refractivity (Wildman–Crippen MR) is 153 cm³/mol. The second-order valence-corrected chi connectivity index (χ2v) is 11.3. The number of aromatic nitrogens is 1. The number of fused-ring (bicyclic) bond motifs is 1. The smallest absolute Gasteiger partial charge is 0.249 e. The molecule has 1 aliphatic rings. The van der Waals surface area contributed by atoms with E-state index in [1.54, 1.807) is 20.4 Å². The average Bonchev–Trinajstić information content (AvgIpc) is 2.96. The monoisotopic (exact) mass is 557 g/mol. The molecule has 1 saturated heterocycles. The number of thioether (sulfide) groups is 1. The lowest BCUT2D eigenvalue weighted by Crippen LogP contribution is -2.48. The number of nitrogens with one attached hydrogen (secondary N) is 1. The van der Waals surface area contributed by atoms with E-state index in [-0.39, 0.29) is 5.91 Å². The fraction of sp³-hybridized carbons (Fsp3) is 0.448. The Bertz CT molecular complexity index is 1230. The maximum absolute atomic E-state index is 12.8. The number of benzene rings is 2. The van der Waals surface area contributed by atoms with Crippen molar-refractivity contribution in [2.75, 3.05) is 39.6 Å². The molecule has 0 bridgehead atoms. The minimum Gasteiger partial charge on any atom is -0.497 e. The minimum absolute atomic E-state index is 0.281. The molecule has 1 aromatic heterocycles. The summed E-state index contributed by atoms with van der Waals surface area (Å²) < 4.78 is 10.8. The van der Waals surface area contributed by atoms with Gasteiger partial charge in [0, 0.05) is 16.5 Å². The number of hydrogen-bond donors (Lipinski definition) is 2. The summed E-state index contributed by atoms with van der Waals surface area (Å²) in [4.78, 5) is 20.8. The molecule has 0 spiro atoms. The van der Waals surface area contributed by atoms with Crippen LogP contribution < -0.4 is 15.0 Å². The molecule has 9 heteroatoms. The van der Waals surface area contributed by atoms with E-state index in [9.17, 15) is 10.0 Å². The molecular formula is C29H36ClN3O4S. The molecular weight excluding hydrogens is 522 g/mol. The Hall–Kier alpha value is -2.52. The van der Waals surface area contributed by atoms with Gasteiger partial charge in [-0.3, -0.25) is 15.0 Å². The second-order valence-electron chi connectivity index (χ2n) is 9.74. The summed E-state index contributed by atoms with van der Waals surface area (Å²) in [5.74, 6) is 2.39. The van der Waals surface area contributed by atoms with Gasteiger partial charge in [0.25, 0.3) is 0 Å². The van der Waals surface area contributed by atoms with E-state index in [0.717, 1.165) is 90.4 Å². The third kappa shape index (κ3) is 6.72.